The largest absolute Gasteiger partial charge is 0.468 e. The standard InChI is InChI=1S/C6H12O4S/c1-6(2,5(7)9-3)11(8)10-4/h1-4H3. The van der Waals surface area contributed by atoms with Crippen molar-refractivity contribution < 1.29 is 17.9 Å². The van der Waals surface area contributed by atoms with Gasteiger partial charge in [0.2, 0.25) is 0 Å². The van der Waals surface area contributed by atoms with E-state index in [0.29, 0.717) is 0 Å². The third-order valence-electron chi connectivity index (χ3n) is 1.25. The smallest absolute Gasteiger partial charge is 0.326 e. The van der Waals surface area contributed by atoms with Crippen LogP contribution in [0.3, 0.4) is 0 Å². The van der Waals surface area contributed by atoms with Gasteiger partial charge >= 0.3 is 5.97 Å². The second kappa shape index (κ2) is 3.82. The van der Waals surface area contributed by atoms with Crippen LogP contribution >= 0.6 is 0 Å². The fourth-order valence-electron chi connectivity index (χ4n) is 0.522. The van der Waals surface area contributed by atoms with Gasteiger partial charge in [0.25, 0.3) is 0 Å². The van der Waals surface area contributed by atoms with Crippen LogP contribution in [0, 0.1) is 0 Å². The van der Waals surface area contributed by atoms with Crippen LogP contribution in [-0.2, 0) is 24.8 Å². The summed E-state index contributed by atoms with van der Waals surface area (Å²) in [6.07, 6.45) is 0. The maximum Gasteiger partial charge on any atom is 0.326 e. The summed E-state index contributed by atoms with van der Waals surface area (Å²) in [5.41, 5.74) is 0. The molecule has 0 aliphatic rings. The van der Waals surface area contributed by atoms with Crippen LogP contribution in [0.15, 0.2) is 0 Å². The fourth-order valence-corrected chi connectivity index (χ4v) is 1.16. The van der Waals surface area contributed by atoms with Gasteiger partial charge in [-0.25, -0.2) is 4.21 Å². The number of ether oxygens (including phenoxy) is 1. The van der Waals surface area contributed by atoms with Crippen LogP contribution in [0.5, 0.6) is 0 Å². The van der Waals surface area contributed by atoms with Crippen molar-refractivity contribution in [3.8, 4) is 0 Å². The Kier molecular flexibility index (Phi) is 3.68. The molecule has 0 saturated carbocycles. The van der Waals surface area contributed by atoms with E-state index in [2.05, 4.69) is 8.92 Å². The molecule has 1 atom stereocenters. The first kappa shape index (κ1) is 10.6. The second-order valence-corrected chi connectivity index (χ2v) is 4.23. The summed E-state index contributed by atoms with van der Waals surface area (Å²) in [4.78, 5) is 10.9. The summed E-state index contributed by atoms with van der Waals surface area (Å²) in [6, 6.07) is 0. The van der Waals surface area contributed by atoms with Gasteiger partial charge in [0.15, 0.2) is 15.8 Å². The highest BCUT2D eigenvalue weighted by molar-refractivity contribution is 7.82. The van der Waals surface area contributed by atoms with Crippen molar-refractivity contribution >= 4 is 17.0 Å². The van der Waals surface area contributed by atoms with E-state index in [-0.39, 0.29) is 0 Å². The van der Waals surface area contributed by atoms with Crippen LogP contribution in [0.1, 0.15) is 13.8 Å². The zero-order chi connectivity index (χ0) is 9.07. The summed E-state index contributed by atoms with van der Waals surface area (Å²) in [6.45, 7) is 3.00. The van der Waals surface area contributed by atoms with Gasteiger partial charge in [-0.1, -0.05) is 0 Å². The van der Waals surface area contributed by atoms with Gasteiger partial charge in [-0.2, -0.15) is 0 Å². The van der Waals surface area contributed by atoms with Crippen LogP contribution in [0.25, 0.3) is 0 Å². The molecule has 0 rings (SSSR count). The SMILES string of the molecule is COC(=O)C(C)(C)S(=O)OC. The Morgan fingerprint density at radius 1 is 1.36 bits per heavy atom. The predicted molar refractivity (Wildman–Crippen MR) is 41.2 cm³/mol. The molecule has 0 aromatic carbocycles. The summed E-state index contributed by atoms with van der Waals surface area (Å²) in [7, 11) is 2.53. The van der Waals surface area contributed by atoms with E-state index in [1.54, 1.807) is 0 Å². The van der Waals surface area contributed by atoms with Crippen molar-refractivity contribution in [1.29, 1.82) is 0 Å². The van der Waals surface area contributed by atoms with Gasteiger partial charge in [0.05, 0.1) is 14.2 Å². The summed E-state index contributed by atoms with van der Waals surface area (Å²) < 4.78 is 18.9. The van der Waals surface area contributed by atoms with Crippen LogP contribution in [-0.4, -0.2) is 29.1 Å². The Morgan fingerprint density at radius 2 is 1.82 bits per heavy atom. The van der Waals surface area contributed by atoms with E-state index in [0.717, 1.165) is 0 Å². The zero-order valence-corrected chi connectivity index (χ0v) is 7.86. The molecule has 0 N–H and O–H groups in total. The Hall–Kier alpha value is -0.420. The Morgan fingerprint density at radius 3 is 2.09 bits per heavy atom. The van der Waals surface area contributed by atoms with Crippen LogP contribution in [0.4, 0.5) is 0 Å². The zero-order valence-electron chi connectivity index (χ0n) is 7.04. The third-order valence-corrected chi connectivity index (χ3v) is 2.55. The van der Waals surface area contributed by atoms with Crippen LogP contribution < -0.4 is 0 Å². The highest BCUT2D eigenvalue weighted by atomic mass is 32.2. The topological polar surface area (TPSA) is 52.6 Å². The minimum absolute atomic E-state index is 0.544. The summed E-state index contributed by atoms with van der Waals surface area (Å²) in [5.74, 6) is -0.544. The molecule has 0 aromatic heterocycles. The first-order valence-corrected chi connectivity index (χ1v) is 4.09. The number of esters is 1. The first-order chi connectivity index (χ1) is 4.96. The highest BCUT2D eigenvalue weighted by Gasteiger charge is 2.36. The molecular weight excluding hydrogens is 168 g/mol. The van der Waals surface area contributed by atoms with E-state index >= 15 is 0 Å². The number of carbonyl (C=O) groups is 1. The van der Waals surface area contributed by atoms with Crippen molar-refractivity contribution in [2.45, 2.75) is 18.6 Å². The minimum Gasteiger partial charge on any atom is -0.468 e. The lowest BCUT2D eigenvalue weighted by Crippen LogP contribution is -2.38. The number of rotatable bonds is 3. The molecule has 0 aliphatic heterocycles. The van der Waals surface area contributed by atoms with Crippen molar-refractivity contribution in [3.05, 3.63) is 0 Å². The first-order valence-electron chi connectivity index (χ1n) is 3.01. The molecule has 0 fully saturated rings. The number of hydrogen-bond donors (Lipinski definition) is 0. The quantitative estimate of drug-likeness (QED) is 0.584. The summed E-state index contributed by atoms with van der Waals surface area (Å²) >= 11 is -1.64. The van der Waals surface area contributed by atoms with E-state index in [1.165, 1.54) is 28.1 Å². The molecule has 0 saturated heterocycles. The van der Waals surface area contributed by atoms with E-state index in [9.17, 15) is 9.00 Å². The number of hydrogen-bond acceptors (Lipinski definition) is 4. The molecule has 66 valence electrons. The maximum atomic E-state index is 11.0. The van der Waals surface area contributed by atoms with E-state index in [1.807, 2.05) is 0 Å². The molecule has 4 nitrogen and oxygen atoms in total. The molecule has 0 aliphatic carbocycles. The molecular formula is C6H12O4S. The maximum absolute atomic E-state index is 11.0. The van der Waals surface area contributed by atoms with Gasteiger partial charge < -0.3 is 4.74 Å². The minimum atomic E-state index is -1.64. The Balaban J connectivity index is 4.44. The predicted octanol–water partition coefficient (Wildman–Crippen LogP) is 0.248. The lowest BCUT2D eigenvalue weighted by atomic mass is 10.2. The number of carbonyl (C=O) groups excluding carboxylic acids is 1. The van der Waals surface area contributed by atoms with Crippen LogP contribution in [0.2, 0.25) is 0 Å². The lowest BCUT2D eigenvalue weighted by Gasteiger charge is -2.18. The normalized spacial score (nSPS) is 14.2. The molecule has 0 aromatic rings. The number of methoxy groups -OCH3 is 1. The fraction of sp³-hybridized carbons (Fsp3) is 0.833. The van der Waals surface area contributed by atoms with Crippen molar-refractivity contribution in [3.63, 3.8) is 0 Å². The van der Waals surface area contributed by atoms with Gasteiger partial charge in [-0.3, -0.25) is 8.98 Å². The summed E-state index contributed by atoms with van der Waals surface area (Å²) in [5, 5.41) is 0. The lowest BCUT2D eigenvalue weighted by molar-refractivity contribution is -0.142. The van der Waals surface area contributed by atoms with Crippen molar-refractivity contribution in [2.24, 2.45) is 0 Å². The molecule has 0 spiro atoms. The molecule has 0 heterocycles. The molecule has 11 heavy (non-hydrogen) atoms. The highest BCUT2D eigenvalue weighted by Crippen LogP contribution is 2.14. The van der Waals surface area contributed by atoms with Gasteiger partial charge in [-0.15, -0.1) is 0 Å². The van der Waals surface area contributed by atoms with Crippen molar-refractivity contribution in [1.82, 2.24) is 0 Å². The second-order valence-electron chi connectivity index (χ2n) is 2.40. The van der Waals surface area contributed by atoms with E-state index in [4.69, 9.17) is 0 Å². The van der Waals surface area contributed by atoms with Gasteiger partial charge in [0, 0.05) is 0 Å². The Labute approximate surface area is 68.5 Å². The van der Waals surface area contributed by atoms with Gasteiger partial charge in [0.1, 0.15) is 0 Å². The third kappa shape index (κ3) is 2.27. The molecule has 1 unspecified atom stereocenters. The molecule has 0 bridgehead atoms. The van der Waals surface area contributed by atoms with E-state index < -0.39 is 21.8 Å². The Bertz CT molecular complexity index is 157. The monoisotopic (exact) mass is 180 g/mol. The molecule has 0 radical (unpaired) electrons. The van der Waals surface area contributed by atoms with Crippen molar-refractivity contribution in [2.75, 3.05) is 14.2 Å². The molecule has 0 amide bonds. The van der Waals surface area contributed by atoms with Gasteiger partial charge in [-0.05, 0) is 13.8 Å². The molecule has 5 heteroatoms. The average Bonchev–Trinajstić information content (AvgIpc) is 2.01. The average molecular weight is 180 g/mol.